The van der Waals surface area contributed by atoms with Crippen LogP contribution in [0.3, 0.4) is 0 Å². The van der Waals surface area contributed by atoms with Gasteiger partial charge < -0.3 is 4.90 Å². The van der Waals surface area contributed by atoms with E-state index in [9.17, 15) is 4.79 Å². The number of carbonyl (C=O) groups is 1. The van der Waals surface area contributed by atoms with Crippen LogP contribution >= 0.6 is 0 Å². The number of fused-ring (bicyclic) bond motifs is 4. The fourth-order valence-corrected chi connectivity index (χ4v) is 3.90. The van der Waals surface area contributed by atoms with Gasteiger partial charge in [0, 0.05) is 12.1 Å². The number of amides is 1. The number of carbonyl (C=O) groups excluding carboxylic acids is 1. The van der Waals surface area contributed by atoms with E-state index in [4.69, 9.17) is 0 Å². The molecule has 0 aliphatic heterocycles. The van der Waals surface area contributed by atoms with Crippen molar-refractivity contribution in [2.75, 3.05) is 0 Å². The van der Waals surface area contributed by atoms with Gasteiger partial charge in [-0.3, -0.25) is 4.79 Å². The molecule has 0 saturated heterocycles. The smallest absolute Gasteiger partial charge is 0.232 e. The van der Waals surface area contributed by atoms with Gasteiger partial charge in [0.2, 0.25) is 5.91 Å². The highest BCUT2D eigenvalue weighted by atomic mass is 16.2. The van der Waals surface area contributed by atoms with Gasteiger partial charge in [-0.15, -0.1) is 0 Å². The first-order chi connectivity index (χ1) is 9.23. The van der Waals surface area contributed by atoms with E-state index < -0.39 is 0 Å². The van der Waals surface area contributed by atoms with Crippen molar-refractivity contribution in [3.8, 4) is 0 Å². The molecule has 0 aromatic rings. The first kappa shape index (κ1) is 15.3. The Morgan fingerprint density at radius 1 is 1.20 bits per heavy atom. The largest absolute Gasteiger partial charge is 0.337 e. The molecule has 3 aliphatic carbocycles. The number of nitrogens with zero attached hydrogens (tertiary/aromatic N) is 1. The summed E-state index contributed by atoms with van der Waals surface area (Å²) in [5.41, 5.74) is 2.67. The molecule has 20 heavy (non-hydrogen) atoms. The van der Waals surface area contributed by atoms with Crippen molar-refractivity contribution in [1.82, 2.24) is 4.90 Å². The highest BCUT2D eigenvalue weighted by Gasteiger charge is 2.40. The van der Waals surface area contributed by atoms with Gasteiger partial charge in [-0.1, -0.05) is 30.2 Å². The topological polar surface area (TPSA) is 20.3 Å². The van der Waals surface area contributed by atoms with Crippen LogP contribution in [0.25, 0.3) is 0 Å². The van der Waals surface area contributed by atoms with Crippen LogP contribution in [-0.4, -0.2) is 22.9 Å². The third-order valence-electron chi connectivity index (χ3n) is 4.53. The summed E-state index contributed by atoms with van der Waals surface area (Å²) in [5.74, 6) is 0.781. The van der Waals surface area contributed by atoms with E-state index in [2.05, 4.69) is 58.6 Å². The maximum atomic E-state index is 13.1. The van der Waals surface area contributed by atoms with Gasteiger partial charge in [0.25, 0.3) is 0 Å². The third-order valence-corrected chi connectivity index (χ3v) is 4.53. The highest BCUT2D eigenvalue weighted by molar-refractivity contribution is 5.85. The minimum atomic E-state index is -0.342. The Kier molecular flexibility index (Phi) is 4.13. The lowest BCUT2D eigenvalue weighted by Gasteiger charge is -2.41. The number of allylic oxidation sites excluding steroid dienone is 3. The van der Waals surface area contributed by atoms with Crippen LogP contribution in [0.5, 0.6) is 0 Å². The zero-order chi connectivity index (χ0) is 15.1. The molecule has 0 heterocycles. The lowest BCUT2D eigenvalue weighted by Crippen LogP contribution is -2.49. The van der Waals surface area contributed by atoms with Crippen molar-refractivity contribution >= 4 is 5.91 Å². The number of hydrogen-bond acceptors (Lipinski definition) is 1. The molecule has 2 heteroatoms. The van der Waals surface area contributed by atoms with E-state index in [1.54, 1.807) is 5.57 Å². The van der Waals surface area contributed by atoms with Gasteiger partial charge >= 0.3 is 0 Å². The van der Waals surface area contributed by atoms with Crippen molar-refractivity contribution in [2.24, 2.45) is 11.3 Å². The number of hydrogen-bond donors (Lipinski definition) is 0. The summed E-state index contributed by atoms with van der Waals surface area (Å²) in [7, 11) is 0. The second kappa shape index (κ2) is 5.38. The Morgan fingerprint density at radius 2 is 1.75 bits per heavy atom. The molecule has 0 aromatic heterocycles. The molecule has 2 nitrogen and oxygen atoms in total. The molecule has 2 bridgehead atoms. The second-order valence-corrected chi connectivity index (χ2v) is 7.48. The fraction of sp³-hybridized carbons (Fsp3) is 0.722. The van der Waals surface area contributed by atoms with Crippen LogP contribution < -0.4 is 0 Å². The molecule has 2 atom stereocenters. The maximum Gasteiger partial charge on any atom is 0.232 e. The Morgan fingerprint density at radius 3 is 2.25 bits per heavy atom. The van der Waals surface area contributed by atoms with Crippen LogP contribution in [-0.2, 0) is 4.79 Å². The summed E-state index contributed by atoms with van der Waals surface area (Å²) in [4.78, 5) is 15.2. The van der Waals surface area contributed by atoms with E-state index in [1.807, 2.05) is 0 Å². The molecular weight excluding hydrogens is 246 g/mol. The van der Waals surface area contributed by atoms with Gasteiger partial charge in [-0.25, -0.2) is 0 Å². The predicted octanol–water partition coefficient (Wildman–Crippen LogP) is 4.32. The van der Waals surface area contributed by atoms with Crippen LogP contribution in [0, 0.1) is 11.3 Å². The van der Waals surface area contributed by atoms with Gasteiger partial charge in [0.05, 0.1) is 5.41 Å². The molecule has 112 valence electrons. The Labute approximate surface area is 123 Å². The molecule has 2 unspecified atom stereocenters. The minimum Gasteiger partial charge on any atom is -0.337 e. The monoisotopic (exact) mass is 275 g/mol. The molecule has 1 fully saturated rings. The fourth-order valence-electron chi connectivity index (χ4n) is 3.90. The highest BCUT2D eigenvalue weighted by Crippen LogP contribution is 2.43. The molecule has 0 radical (unpaired) electrons. The van der Waals surface area contributed by atoms with Crippen molar-refractivity contribution in [3.05, 3.63) is 23.3 Å². The molecule has 1 saturated carbocycles. The molecule has 0 spiro atoms. The maximum absolute atomic E-state index is 13.1. The van der Waals surface area contributed by atoms with E-state index in [1.165, 1.54) is 5.57 Å². The molecule has 1 amide bonds. The first-order valence-corrected chi connectivity index (χ1v) is 7.96. The van der Waals surface area contributed by atoms with E-state index in [0.29, 0.717) is 11.8 Å². The second-order valence-electron chi connectivity index (χ2n) is 7.48. The summed E-state index contributed by atoms with van der Waals surface area (Å²) < 4.78 is 0. The van der Waals surface area contributed by atoms with E-state index >= 15 is 0 Å². The standard InChI is InChI=1S/C18H29NO/c1-12(2)19(13(3)4)17(20)18(6)10-14(5)7-15-8-16(9-15)11-18/h7,11-14H,8-10H2,1-6H3. The van der Waals surface area contributed by atoms with Crippen LogP contribution in [0.15, 0.2) is 23.3 Å². The van der Waals surface area contributed by atoms with Crippen LogP contribution in [0.2, 0.25) is 0 Å². The molecular formula is C18H29NO. The van der Waals surface area contributed by atoms with Crippen molar-refractivity contribution in [2.45, 2.75) is 72.9 Å². The SMILES string of the molecule is CC1C=C2CC(=CC(C)(C(=O)N(C(C)C)C(C)C)C1)C2. The summed E-state index contributed by atoms with van der Waals surface area (Å²) in [6.45, 7) is 12.8. The summed E-state index contributed by atoms with van der Waals surface area (Å²) >= 11 is 0. The zero-order valence-electron chi connectivity index (χ0n) is 13.9. The molecule has 0 aromatic carbocycles. The predicted molar refractivity (Wildman–Crippen MR) is 84.4 cm³/mol. The van der Waals surface area contributed by atoms with Crippen molar-refractivity contribution in [3.63, 3.8) is 0 Å². The molecule has 3 aliphatic rings. The summed E-state index contributed by atoms with van der Waals surface area (Å²) in [6.07, 6.45) is 7.78. The lowest BCUT2D eigenvalue weighted by atomic mass is 9.70. The van der Waals surface area contributed by atoms with Gasteiger partial charge in [-0.2, -0.15) is 0 Å². The van der Waals surface area contributed by atoms with Gasteiger partial charge in [0.15, 0.2) is 0 Å². The van der Waals surface area contributed by atoms with E-state index in [0.717, 1.165) is 19.3 Å². The Balaban J connectivity index is 2.30. The van der Waals surface area contributed by atoms with Crippen molar-refractivity contribution in [1.29, 1.82) is 0 Å². The van der Waals surface area contributed by atoms with Crippen LogP contribution in [0.4, 0.5) is 0 Å². The van der Waals surface area contributed by atoms with Crippen LogP contribution in [0.1, 0.15) is 60.8 Å². The minimum absolute atomic E-state index is 0.256. The average Bonchev–Trinajstić information content (AvgIpc) is 2.21. The quantitative estimate of drug-likeness (QED) is 0.702. The zero-order valence-corrected chi connectivity index (χ0v) is 13.9. The van der Waals surface area contributed by atoms with Crippen molar-refractivity contribution < 1.29 is 4.79 Å². The molecule has 0 N–H and O–H groups in total. The number of rotatable bonds is 3. The van der Waals surface area contributed by atoms with E-state index in [-0.39, 0.29) is 17.5 Å². The summed E-state index contributed by atoms with van der Waals surface area (Å²) in [5, 5.41) is 0. The third kappa shape index (κ3) is 2.84. The Bertz CT molecular complexity index is 440. The summed E-state index contributed by atoms with van der Waals surface area (Å²) in [6, 6.07) is 0.511. The molecule has 3 rings (SSSR count). The average molecular weight is 275 g/mol. The normalized spacial score (nSPS) is 29.3. The van der Waals surface area contributed by atoms with Gasteiger partial charge in [0.1, 0.15) is 0 Å². The van der Waals surface area contributed by atoms with Gasteiger partial charge in [-0.05, 0) is 59.8 Å². The Hall–Kier alpha value is -1.05. The lowest BCUT2D eigenvalue weighted by molar-refractivity contribution is -0.143. The first-order valence-electron chi connectivity index (χ1n) is 7.96.